The monoisotopic (exact) mass is 661 g/mol. The number of likely N-dealkylation sites (tertiary alicyclic amines) is 1. The van der Waals surface area contributed by atoms with Gasteiger partial charge in [0.1, 0.15) is 17.3 Å². The van der Waals surface area contributed by atoms with E-state index < -0.39 is 39.6 Å². The lowest BCUT2D eigenvalue weighted by Gasteiger charge is -2.57. The van der Waals surface area contributed by atoms with Crippen molar-refractivity contribution in [1.29, 1.82) is 0 Å². The molecule has 3 heterocycles. The Morgan fingerprint density at radius 1 is 1.07 bits per heavy atom. The summed E-state index contributed by atoms with van der Waals surface area (Å²) >= 11 is 6.07. The summed E-state index contributed by atoms with van der Waals surface area (Å²) < 4.78 is 48.4. The lowest BCUT2D eigenvalue weighted by molar-refractivity contribution is -0.162. The molecule has 1 aliphatic heterocycles. The number of anilines is 2. The van der Waals surface area contributed by atoms with Gasteiger partial charge in [0.2, 0.25) is 0 Å². The number of nitrogens with zero attached hydrogens (tertiary/aromatic N) is 4. The molecule has 0 radical (unpaired) electrons. The van der Waals surface area contributed by atoms with Crippen LogP contribution in [0.3, 0.4) is 0 Å². The molecule has 2 atom stereocenters. The minimum atomic E-state index is -2.07. The smallest absolute Gasteiger partial charge is 0.310 e. The van der Waals surface area contributed by atoms with Crippen LogP contribution in [0.15, 0.2) is 30.3 Å². The molecule has 1 fully saturated rings. The normalized spacial score (nSPS) is 21.4. The molecule has 0 aliphatic carbocycles. The second-order valence-electron chi connectivity index (χ2n) is 15.5. The van der Waals surface area contributed by atoms with Crippen LogP contribution in [0.1, 0.15) is 97.7 Å². The van der Waals surface area contributed by atoms with E-state index in [9.17, 15) is 14.3 Å². The van der Waals surface area contributed by atoms with Crippen LogP contribution in [-0.2, 0) is 29.0 Å². The summed E-state index contributed by atoms with van der Waals surface area (Å²) in [5, 5.41) is 18.5. The Hall–Kier alpha value is -3.11. The maximum absolute atomic E-state index is 16.2. The summed E-state index contributed by atoms with van der Waals surface area (Å²) in [4.78, 5) is 19.8. The van der Waals surface area contributed by atoms with Crippen LogP contribution >= 0.6 is 11.6 Å². The molecule has 2 N–H and O–H groups in total. The van der Waals surface area contributed by atoms with Crippen LogP contribution in [-0.4, -0.2) is 42.8 Å². The van der Waals surface area contributed by atoms with Crippen LogP contribution in [0.2, 0.25) is 5.02 Å². The highest BCUT2D eigenvalue weighted by atomic mass is 35.5. The number of nitrogens with one attached hydrogen (secondary N) is 1. The van der Waals surface area contributed by atoms with Crippen LogP contribution in [0.25, 0.3) is 0 Å². The first kappa shape index (κ1) is 35.7. The first-order valence-corrected chi connectivity index (χ1v) is 16.0. The number of benzene rings is 1. The van der Waals surface area contributed by atoms with Gasteiger partial charge >= 0.3 is 5.97 Å². The van der Waals surface area contributed by atoms with Crippen molar-refractivity contribution < 1.29 is 23.1 Å². The Bertz CT molecular complexity index is 1620. The number of halogens is 4. The third-order valence-corrected chi connectivity index (χ3v) is 9.95. The van der Waals surface area contributed by atoms with E-state index in [-0.39, 0.29) is 53.4 Å². The largest absolute Gasteiger partial charge is 0.481 e. The number of alkyl halides is 1. The van der Waals surface area contributed by atoms with Gasteiger partial charge < -0.3 is 10.4 Å². The Labute approximate surface area is 275 Å². The molecule has 0 saturated carbocycles. The summed E-state index contributed by atoms with van der Waals surface area (Å²) in [7, 11) is 0. The second-order valence-corrected chi connectivity index (χ2v) is 15.9. The SMILES string of the molecule is Cc1cc(Nc2cc(C(C)(C)F)c(F)c(C[C@@]3(C(=O)O)CCN(Cc4cccc(Cl)c4F)[C@@](C)(C(C)(C)C)C3)n2)nn1C(C)(C)C. The quantitative estimate of drug-likeness (QED) is 0.251. The molecule has 46 heavy (non-hydrogen) atoms. The van der Waals surface area contributed by atoms with Crippen molar-refractivity contribution in [3.63, 3.8) is 0 Å². The van der Waals surface area contributed by atoms with Crippen molar-refractivity contribution in [2.75, 3.05) is 11.9 Å². The van der Waals surface area contributed by atoms with Crippen molar-refractivity contribution in [3.05, 3.63) is 69.5 Å². The van der Waals surface area contributed by atoms with Gasteiger partial charge in [0, 0.05) is 47.9 Å². The molecule has 1 aromatic carbocycles. The number of carbonyl (C=O) groups is 1. The fraction of sp³-hybridized carbons (Fsp3) is 0.571. The van der Waals surface area contributed by atoms with E-state index in [0.29, 0.717) is 17.9 Å². The van der Waals surface area contributed by atoms with Crippen LogP contribution in [0.5, 0.6) is 0 Å². The van der Waals surface area contributed by atoms with E-state index in [1.807, 2.05) is 66.1 Å². The van der Waals surface area contributed by atoms with Gasteiger partial charge in [-0.15, -0.1) is 0 Å². The first-order chi connectivity index (χ1) is 21.0. The average Bonchev–Trinajstić information content (AvgIpc) is 3.29. The zero-order valence-corrected chi connectivity index (χ0v) is 29.3. The third-order valence-electron chi connectivity index (χ3n) is 9.65. The number of rotatable bonds is 8. The van der Waals surface area contributed by atoms with E-state index in [2.05, 4.69) is 20.3 Å². The highest BCUT2D eigenvalue weighted by Crippen LogP contribution is 2.51. The number of aromatic nitrogens is 3. The highest BCUT2D eigenvalue weighted by molar-refractivity contribution is 6.30. The summed E-state index contributed by atoms with van der Waals surface area (Å²) in [5.74, 6) is -1.83. The fourth-order valence-electron chi connectivity index (χ4n) is 6.60. The molecule has 0 spiro atoms. The summed E-state index contributed by atoms with van der Waals surface area (Å²) in [6, 6.07) is 7.99. The van der Waals surface area contributed by atoms with Gasteiger partial charge in [-0.2, -0.15) is 5.10 Å². The van der Waals surface area contributed by atoms with Gasteiger partial charge in [0.05, 0.1) is 21.7 Å². The maximum Gasteiger partial charge on any atom is 0.310 e. The molecule has 1 saturated heterocycles. The fourth-order valence-corrected chi connectivity index (χ4v) is 6.79. The second kappa shape index (κ2) is 12.2. The molecule has 252 valence electrons. The van der Waals surface area contributed by atoms with Crippen molar-refractivity contribution in [2.24, 2.45) is 10.8 Å². The molecule has 3 aromatic rings. The van der Waals surface area contributed by atoms with Crippen molar-refractivity contribution in [1.82, 2.24) is 19.7 Å². The molecule has 0 unspecified atom stereocenters. The topological polar surface area (TPSA) is 83.3 Å². The van der Waals surface area contributed by atoms with Gasteiger partial charge in [0.15, 0.2) is 11.6 Å². The average molecular weight is 662 g/mol. The Kier molecular flexibility index (Phi) is 9.45. The number of aryl methyl sites for hydroxylation is 1. The van der Waals surface area contributed by atoms with Crippen LogP contribution < -0.4 is 5.32 Å². The molecule has 0 amide bonds. The molecule has 0 bridgehead atoms. The van der Waals surface area contributed by atoms with Crippen molar-refractivity contribution >= 4 is 29.2 Å². The van der Waals surface area contributed by atoms with E-state index in [0.717, 1.165) is 5.69 Å². The lowest BCUT2D eigenvalue weighted by Crippen LogP contribution is -2.63. The number of carboxylic acid groups (broad SMARTS) is 1. The van der Waals surface area contributed by atoms with Gasteiger partial charge in [-0.25, -0.2) is 18.2 Å². The molecule has 11 heteroatoms. The van der Waals surface area contributed by atoms with Gasteiger partial charge in [-0.05, 0) is 78.9 Å². The van der Waals surface area contributed by atoms with E-state index in [4.69, 9.17) is 11.6 Å². The molecular weight excluding hydrogens is 615 g/mol. The number of piperidine rings is 1. The van der Waals surface area contributed by atoms with Gasteiger partial charge in [-0.3, -0.25) is 14.4 Å². The molecule has 1 aliphatic rings. The van der Waals surface area contributed by atoms with Crippen molar-refractivity contribution in [3.8, 4) is 0 Å². The number of pyridine rings is 1. The van der Waals surface area contributed by atoms with E-state index >= 15 is 8.78 Å². The predicted octanol–water partition coefficient (Wildman–Crippen LogP) is 8.94. The maximum atomic E-state index is 16.2. The zero-order valence-electron chi connectivity index (χ0n) is 28.6. The standard InChI is InChI=1S/C35H47ClF3N5O2/c1-21-16-27(42-44(21)32(5,6)7)41-26-17-23(33(8,9)39)29(38)25(40-26)18-35(30(45)46)14-15-43(34(10,20-35)31(2,3)4)19-22-12-11-13-24(36)28(22)37/h11-13,16-17H,14-15,18-20H2,1-10H3,(H,45,46)(H,40,41,42)/t34-,35+/m1/s1. The number of hydrogen-bond donors (Lipinski definition) is 2. The number of hydrogen-bond acceptors (Lipinski definition) is 5. The Morgan fingerprint density at radius 3 is 2.26 bits per heavy atom. The number of carboxylic acids is 1. The summed E-state index contributed by atoms with van der Waals surface area (Å²) in [6.07, 6.45) is 0.0229. The molecule has 7 nitrogen and oxygen atoms in total. The van der Waals surface area contributed by atoms with E-state index in [1.54, 1.807) is 12.1 Å². The Balaban J connectivity index is 1.77. The van der Waals surface area contributed by atoms with Gasteiger partial charge in [-0.1, -0.05) is 44.5 Å². The summed E-state index contributed by atoms with van der Waals surface area (Å²) in [5.41, 5.74) is -4.07. The lowest BCUT2D eigenvalue weighted by atomic mass is 9.59. The van der Waals surface area contributed by atoms with Gasteiger partial charge in [0.25, 0.3) is 0 Å². The van der Waals surface area contributed by atoms with Crippen LogP contribution in [0, 0.1) is 29.4 Å². The minimum Gasteiger partial charge on any atom is -0.481 e. The summed E-state index contributed by atoms with van der Waals surface area (Å²) in [6.45, 7) is 19.0. The predicted molar refractivity (Wildman–Crippen MR) is 176 cm³/mol. The van der Waals surface area contributed by atoms with E-state index in [1.165, 1.54) is 26.0 Å². The molecule has 4 rings (SSSR count). The highest BCUT2D eigenvalue weighted by Gasteiger charge is 2.55. The molecule has 2 aromatic heterocycles. The third kappa shape index (κ3) is 6.93. The minimum absolute atomic E-state index is 0.0221. The Morgan fingerprint density at radius 2 is 1.72 bits per heavy atom. The number of aliphatic carboxylic acids is 1. The van der Waals surface area contributed by atoms with Crippen LogP contribution in [0.4, 0.5) is 24.8 Å². The molecular formula is C35H47ClF3N5O2. The van der Waals surface area contributed by atoms with Crippen molar-refractivity contribution in [2.45, 2.75) is 112 Å². The zero-order chi connectivity index (χ0) is 34.6. The first-order valence-electron chi connectivity index (χ1n) is 15.6.